The lowest BCUT2D eigenvalue weighted by molar-refractivity contribution is -0.134. The third-order valence-corrected chi connectivity index (χ3v) is 2.23. The number of aromatic nitrogens is 3. The van der Waals surface area contributed by atoms with E-state index in [2.05, 4.69) is 10.2 Å². The second-order valence-electron chi connectivity index (χ2n) is 3.57. The molecule has 0 amide bonds. The van der Waals surface area contributed by atoms with E-state index in [1.54, 1.807) is 11.5 Å². The minimum atomic E-state index is -4.15. The molecule has 1 aromatic heterocycles. The molecule has 7 heteroatoms. The Morgan fingerprint density at radius 1 is 1.31 bits per heavy atom. The fraction of sp³-hybridized carbons (Fsp3) is 0.778. The zero-order valence-electron chi connectivity index (χ0n) is 9.09. The molecule has 2 N–H and O–H groups in total. The van der Waals surface area contributed by atoms with Crippen LogP contribution >= 0.6 is 0 Å². The Kier molecular flexibility index (Phi) is 4.28. The quantitative estimate of drug-likeness (QED) is 0.841. The van der Waals surface area contributed by atoms with Crippen molar-refractivity contribution in [3.05, 3.63) is 11.6 Å². The van der Waals surface area contributed by atoms with Crippen molar-refractivity contribution in [1.82, 2.24) is 14.8 Å². The van der Waals surface area contributed by atoms with Crippen LogP contribution in [0.1, 0.15) is 24.5 Å². The van der Waals surface area contributed by atoms with Crippen LogP contribution in [0.15, 0.2) is 0 Å². The lowest BCUT2D eigenvalue weighted by atomic mass is 10.3. The van der Waals surface area contributed by atoms with Crippen LogP contribution in [-0.4, -0.2) is 27.5 Å². The predicted octanol–water partition coefficient (Wildman–Crippen LogP) is 1.43. The zero-order chi connectivity index (χ0) is 12.2. The monoisotopic (exact) mass is 236 g/mol. The maximum absolute atomic E-state index is 12.1. The first kappa shape index (κ1) is 13.0. The number of hydrogen-bond acceptors (Lipinski definition) is 3. The van der Waals surface area contributed by atoms with Gasteiger partial charge in [0.1, 0.15) is 11.6 Å². The highest BCUT2D eigenvalue weighted by Gasteiger charge is 2.27. The molecule has 0 saturated carbocycles. The Morgan fingerprint density at radius 2 is 2.00 bits per heavy atom. The molecule has 0 aromatic carbocycles. The summed E-state index contributed by atoms with van der Waals surface area (Å²) in [4.78, 5) is 0. The minimum Gasteiger partial charge on any atom is -0.330 e. The molecule has 1 aromatic rings. The van der Waals surface area contributed by atoms with Crippen molar-refractivity contribution in [1.29, 1.82) is 0 Å². The average molecular weight is 236 g/mol. The van der Waals surface area contributed by atoms with E-state index in [0.717, 1.165) is 0 Å². The van der Waals surface area contributed by atoms with E-state index < -0.39 is 12.6 Å². The molecule has 16 heavy (non-hydrogen) atoms. The fourth-order valence-corrected chi connectivity index (χ4v) is 1.40. The summed E-state index contributed by atoms with van der Waals surface area (Å²) >= 11 is 0. The maximum Gasteiger partial charge on any atom is 0.389 e. The van der Waals surface area contributed by atoms with Gasteiger partial charge in [-0.15, -0.1) is 10.2 Å². The molecule has 0 fully saturated rings. The highest BCUT2D eigenvalue weighted by Crippen LogP contribution is 2.21. The lowest BCUT2D eigenvalue weighted by Gasteiger charge is -2.09. The molecule has 0 aliphatic heterocycles. The van der Waals surface area contributed by atoms with Crippen LogP contribution < -0.4 is 5.73 Å². The van der Waals surface area contributed by atoms with Gasteiger partial charge in [-0.05, 0) is 19.9 Å². The first-order chi connectivity index (χ1) is 7.44. The van der Waals surface area contributed by atoms with Crippen molar-refractivity contribution in [2.24, 2.45) is 5.73 Å². The SMILES string of the molecule is Cc1nnc(CCC(F)(F)F)n1CCCN. The van der Waals surface area contributed by atoms with Gasteiger partial charge in [-0.3, -0.25) is 0 Å². The van der Waals surface area contributed by atoms with Gasteiger partial charge < -0.3 is 10.3 Å². The molecule has 1 heterocycles. The number of aryl methyl sites for hydroxylation is 2. The van der Waals surface area contributed by atoms with Crippen molar-refractivity contribution < 1.29 is 13.2 Å². The van der Waals surface area contributed by atoms with Crippen molar-refractivity contribution >= 4 is 0 Å². The van der Waals surface area contributed by atoms with E-state index in [1.807, 2.05) is 0 Å². The molecular formula is C9H15F3N4. The Balaban J connectivity index is 2.65. The largest absolute Gasteiger partial charge is 0.389 e. The van der Waals surface area contributed by atoms with Crippen LogP contribution in [0.3, 0.4) is 0 Å². The Hall–Kier alpha value is -1.11. The Labute approximate surface area is 91.6 Å². The molecule has 0 aliphatic carbocycles. The third-order valence-electron chi connectivity index (χ3n) is 2.23. The van der Waals surface area contributed by atoms with E-state index in [4.69, 9.17) is 5.73 Å². The van der Waals surface area contributed by atoms with E-state index in [0.29, 0.717) is 31.2 Å². The van der Waals surface area contributed by atoms with Crippen LogP contribution in [0.5, 0.6) is 0 Å². The molecule has 0 radical (unpaired) electrons. The summed E-state index contributed by atoms with van der Waals surface area (Å²) in [6.07, 6.45) is -4.45. The average Bonchev–Trinajstić information content (AvgIpc) is 2.52. The second kappa shape index (κ2) is 5.29. The van der Waals surface area contributed by atoms with Gasteiger partial charge in [0.2, 0.25) is 0 Å². The summed E-state index contributed by atoms with van der Waals surface area (Å²) in [6.45, 7) is 2.79. The first-order valence-electron chi connectivity index (χ1n) is 5.09. The van der Waals surface area contributed by atoms with Crippen LogP contribution in [0, 0.1) is 6.92 Å². The molecule has 0 bridgehead atoms. The van der Waals surface area contributed by atoms with Gasteiger partial charge in [0.05, 0.1) is 6.42 Å². The molecule has 1 rings (SSSR count). The van der Waals surface area contributed by atoms with Crippen LogP contribution in [0.2, 0.25) is 0 Å². The summed E-state index contributed by atoms with van der Waals surface area (Å²) in [5.41, 5.74) is 5.35. The molecule has 0 atom stereocenters. The van der Waals surface area contributed by atoms with Crippen molar-refractivity contribution in [2.75, 3.05) is 6.54 Å². The van der Waals surface area contributed by atoms with Gasteiger partial charge in [0.15, 0.2) is 0 Å². The number of nitrogens with two attached hydrogens (primary N) is 1. The molecule has 0 saturated heterocycles. The smallest absolute Gasteiger partial charge is 0.330 e. The summed E-state index contributed by atoms with van der Waals surface area (Å²) in [6, 6.07) is 0. The number of hydrogen-bond donors (Lipinski definition) is 1. The van der Waals surface area contributed by atoms with Gasteiger partial charge in [-0.25, -0.2) is 0 Å². The van der Waals surface area contributed by atoms with Crippen LogP contribution in [0.4, 0.5) is 13.2 Å². The Bertz CT molecular complexity index is 332. The first-order valence-corrected chi connectivity index (χ1v) is 5.09. The number of nitrogens with zero attached hydrogens (tertiary/aromatic N) is 3. The third kappa shape index (κ3) is 3.80. The maximum atomic E-state index is 12.1. The lowest BCUT2D eigenvalue weighted by Crippen LogP contribution is -2.14. The number of halogens is 3. The number of rotatable bonds is 5. The standard InChI is InChI=1S/C9H15F3N4/c1-7-14-15-8(3-4-9(10,11)12)16(7)6-2-5-13/h2-6,13H2,1H3. The summed E-state index contributed by atoms with van der Waals surface area (Å²) in [7, 11) is 0. The fourth-order valence-electron chi connectivity index (χ4n) is 1.40. The Morgan fingerprint density at radius 3 is 2.56 bits per heavy atom. The van der Waals surface area contributed by atoms with E-state index in [-0.39, 0.29) is 6.42 Å². The number of alkyl halides is 3. The van der Waals surface area contributed by atoms with Crippen molar-refractivity contribution in [3.63, 3.8) is 0 Å². The van der Waals surface area contributed by atoms with Gasteiger partial charge in [0, 0.05) is 13.0 Å². The molecule has 0 unspecified atom stereocenters. The summed E-state index contributed by atoms with van der Waals surface area (Å²) < 4.78 is 37.9. The highest BCUT2D eigenvalue weighted by molar-refractivity contribution is 4.94. The van der Waals surface area contributed by atoms with Gasteiger partial charge in [0.25, 0.3) is 0 Å². The summed E-state index contributed by atoms with van der Waals surface area (Å²) in [5, 5.41) is 7.52. The highest BCUT2D eigenvalue weighted by atomic mass is 19.4. The van der Waals surface area contributed by atoms with Crippen LogP contribution in [-0.2, 0) is 13.0 Å². The van der Waals surface area contributed by atoms with E-state index in [9.17, 15) is 13.2 Å². The normalized spacial score (nSPS) is 12.1. The van der Waals surface area contributed by atoms with Gasteiger partial charge in [-0.1, -0.05) is 0 Å². The molecule has 4 nitrogen and oxygen atoms in total. The van der Waals surface area contributed by atoms with Gasteiger partial charge in [-0.2, -0.15) is 13.2 Å². The zero-order valence-corrected chi connectivity index (χ0v) is 9.09. The molecular weight excluding hydrogens is 221 g/mol. The molecule has 0 spiro atoms. The van der Waals surface area contributed by atoms with E-state index in [1.165, 1.54) is 0 Å². The minimum absolute atomic E-state index is 0.130. The van der Waals surface area contributed by atoms with E-state index >= 15 is 0 Å². The molecule has 92 valence electrons. The second-order valence-corrected chi connectivity index (χ2v) is 3.57. The summed E-state index contributed by atoms with van der Waals surface area (Å²) in [5.74, 6) is 1.01. The van der Waals surface area contributed by atoms with Crippen LogP contribution in [0.25, 0.3) is 0 Å². The van der Waals surface area contributed by atoms with Crippen molar-refractivity contribution in [3.8, 4) is 0 Å². The molecule has 0 aliphatic rings. The predicted molar refractivity (Wildman–Crippen MR) is 52.8 cm³/mol. The topological polar surface area (TPSA) is 56.7 Å². The van der Waals surface area contributed by atoms with Gasteiger partial charge >= 0.3 is 6.18 Å². The van der Waals surface area contributed by atoms with Crippen molar-refractivity contribution in [2.45, 2.75) is 38.9 Å².